The summed E-state index contributed by atoms with van der Waals surface area (Å²) in [6.07, 6.45) is 0. The van der Waals surface area contributed by atoms with Crippen molar-refractivity contribution >= 4 is 5.69 Å². The second kappa shape index (κ2) is 8.87. The Balaban J connectivity index is 1.62. The van der Waals surface area contributed by atoms with Crippen LogP contribution in [0.15, 0.2) is 72.8 Å². The van der Waals surface area contributed by atoms with Crippen molar-refractivity contribution in [3.05, 3.63) is 89.7 Å². The van der Waals surface area contributed by atoms with E-state index in [1.807, 2.05) is 54.6 Å². The number of ether oxygens (including phenoxy) is 2. The quantitative estimate of drug-likeness (QED) is 0.585. The van der Waals surface area contributed by atoms with Crippen LogP contribution in [0, 0.1) is 5.82 Å². The van der Waals surface area contributed by atoms with Crippen LogP contribution in [0.1, 0.15) is 11.1 Å². The molecule has 0 saturated carbocycles. The first-order valence-electron chi connectivity index (χ1n) is 8.32. The number of para-hydroxylation sites is 1. The van der Waals surface area contributed by atoms with Crippen molar-refractivity contribution in [3.8, 4) is 11.5 Å². The number of halogens is 1. The van der Waals surface area contributed by atoms with Crippen molar-refractivity contribution in [1.29, 1.82) is 0 Å². The second-order valence-corrected chi connectivity index (χ2v) is 5.75. The van der Waals surface area contributed by atoms with Crippen LogP contribution >= 0.6 is 0 Å². The molecule has 0 spiro atoms. The van der Waals surface area contributed by atoms with E-state index in [-0.39, 0.29) is 12.4 Å². The first-order valence-corrected chi connectivity index (χ1v) is 8.32. The van der Waals surface area contributed by atoms with E-state index in [1.165, 1.54) is 12.1 Å². The molecule has 3 aromatic carbocycles. The van der Waals surface area contributed by atoms with Crippen molar-refractivity contribution in [2.24, 2.45) is 0 Å². The molecule has 5 heteroatoms. The molecule has 3 aromatic rings. The molecule has 0 bridgehead atoms. The summed E-state index contributed by atoms with van der Waals surface area (Å²) in [5.41, 5.74) is 9.10. The predicted octanol–water partition coefficient (Wildman–Crippen LogP) is 4.53. The molecular formula is C21H21FN2O2. The predicted molar refractivity (Wildman–Crippen MR) is 101 cm³/mol. The maximum absolute atomic E-state index is 13.3. The van der Waals surface area contributed by atoms with Gasteiger partial charge in [-0.1, -0.05) is 36.4 Å². The molecule has 0 aliphatic carbocycles. The minimum Gasteiger partial charge on any atom is -0.493 e. The zero-order valence-electron chi connectivity index (χ0n) is 14.5. The molecule has 0 aliphatic heterocycles. The Kier molecular flexibility index (Phi) is 6.06. The maximum atomic E-state index is 13.3. The molecule has 0 fully saturated rings. The summed E-state index contributed by atoms with van der Waals surface area (Å²) in [5.74, 6) is 0.986. The Morgan fingerprint density at radius 3 is 2.46 bits per heavy atom. The molecule has 26 heavy (non-hydrogen) atoms. The van der Waals surface area contributed by atoms with Gasteiger partial charge in [-0.3, -0.25) is 0 Å². The number of hydrogen-bond donors (Lipinski definition) is 2. The topological polar surface area (TPSA) is 42.5 Å². The first kappa shape index (κ1) is 17.8. The number of nitrogens with one attached hydrogen (secondary N) is 2. The lowest BCUT2D eigenvalue weighted by Crippen LogP contribution is -2.20. The summed E-state index contributed by atoms with van der Waals surface area (Å²) in [6, 6.07) is 22.0. The fourth-order valence-electron chi connectivity index (χ4n) is 2.50. The lowest BCUT2D eigenvalue weighted by Gasteiger charge is -2.13. The van der Waals surface area contributed by atoms with Crippen LogP contribution in [0.3, 0.4) is 0 Å². The zero-order chi connectivity index (χ0) is 18.2. The van der Waals surface area contributed by atoms with Gasteiger partial charge in [0.05, 0.1) is 7.11 Å². The molecule has 0 atom stereocenters. The molecule has 0 saturated heterocycles. The minimum absolute atomic E-state index is 0.271. The van der Waals surface area contributed by atoms with Gasteiger partial charge in [0.1, 0.15) is 12.4 Å². The second-order valence-electron chi connectivity index (χ2n) is 5.75. The lowest BCUT2D eigenvalue weighted by molar-refractivity contribution is 0.283. The van der Waals surface area contributed by atoms with Crippen molar-refractivity contribution in [2.45, 2.75) is 13.2 Å². The molecule has 4 nitrogen and oxygen atoms in total. The van der Waals surface area contributed by atoms with E-state index in [9.17, 15) is 4.39 Å². The summed E-state index contributed by atoms with van der Waals surface area (Å²) in [7, 11) is 1.60. The Bertz CT molecular complexity index is 840. The van der Waals surface area contributed by atoms with Crippen LogP contribution in [0.25, 0.3) is 0 Å². The highest BCUT2D eigenvalue weighted by atomic mass is 19.1. The maximum Gasteiger partial charge on any atom is 0.161 e. The summed E-state index contributed by atoms with van der Waals surface area (Å²) in [6.45, 7) is 0.877. The van der Waals surface area contributed by atoms with Gasteiger partial charge in [-0.05, 0) is 47.5 Å². The third-order valence-electron chi connectivity index (χ3n) is 3.81. The van der Waals surface area contributed by atoms with E-state index in [0.29, 0.717) is 18.0 Å². The fourth-order valence-corrected chi connectivity index (χ4v) is 2.50. The molecule has 134 valence electrons. The Morgan fingerprint density at radius 2 is 1.69 bits per heavy atom. The van der Waals surface area contributed by atoms with Gasteiger partial charge in [0, 0.05) is 12.2 Å². The number of anilines is 1. The summed E-state index contributed by atoms with van der Waals surface area (Å²) >= 11 is 0. The zero-order valence-corrected chi connectivity index (χ0v) is 14.5. The van der Waals surface area contributed by atoms with Crippen molar-refractivity contribution in [2.75, 3.05) is 12.5 Å². The van der Waals surface area contributed by atoms with Crippen molar-refractivity contribution in [1.82, 2.24) is 5.43 Å². The molecule has 0 aromatic heterocycles. The third-order valence-corrected chi connectivity index (χ3v) is 3.81. The van der Waals surface area contributed by atoms with E-state index in [4.69, 9.17) is 9.47 Å². The van der Waals surface area contributed by atoms with Crippen molar-refractivity contribution in [3.63, 3.8) is 0 Å². The molecule has 0 unspecified atom stereocenters. The van der Waals surface area contributed by atoms with E-state index in [1.54, 1.807) is 13.2 Å². The Labute approximate surface area is 152 Å². The fraction of sp³-hybridized carbons (Fsp3) is 0.143. The molecular weight excluding hydrogens is 331 g/mol. The number of methoxy groups -OCH3 is 1. The van der Waals surface area contributed by atoms with Crippen LogP contribution in [-0.2, 0) is 13.2 Å². The van der Waals surface area contributed by atoms with Crippen LogP contribution in [0.4, 0.5) is 10.1 Å². The average molecular weight is 352 g/mol. The highest BCUT2D eigenvalue weighted by Crippen LogP contribution is 2.29. The van der Waals surface area contributed by atoms with Crippen LogP contribution in [0.2, 0.25) is 0 Å². The van der Waals surface area contributed by atoms with E-state index in [0.717, 1.165) is 16.8 Å². The van der Waals surface area contributed by atoms with E-state index < -0.39 is 0 Å². The first-order chi connectivity index (χ1) is 12.7. The van der Waals surface area contributed by atoms with Gasteiger partial charge in [0.15, 0.2) is 11.5 Å². The molecule has 2 N–H and O–H groups in total. The largest absolute Gasteiger partial charge is 0.493 e. The highest BCUT2D eigenvalue weighted by molar-refractivity contribution is 5.44. The lowest BCUT2D eigenvalue weighted by atomic mass is 10.2. The smallest absolute Gasteiger partial charge is 0.161 e. The van der Waals surface area contributed by atoms with Gasteiger partial charge in [0.2, 0.25) is 0 Å². The molecule has 0 radical (unpaired) electrons. The normalized spacial score (nSPS) is 10.4. The number of hydrazine groups is 1. The monoisotopic (exact) mass is 352 g/mol. The summed E-state index contributed by atoms with van der Waals surface area (Å²) in [4.78, 5) is 0. The SMILES string of the molecule is COc1ccc(CNNc2ccccc2)cc1OCc1cccc(F)c1. The standard InChI is InChI=1S/C21H21FN2O2/c1-25-20-11-10-16(14-23-24-19-8-3-2-4-9-19)13-21(20)26-15-17-6-5-7-18(22)12-17/h2-13,23-24H,14-15H2,1H3. The van der Waals surface area contributed by atoms with Gasteiger partial charge in [0.25, 0.3) is 0 Å². The van der Waals surface area contributed by atoms with Gasteiger partial charge in [-0.2, -0.15) is 0 Å². The van der Waals surface area contributed by atoms with E-state index >= 15 is 0 Å². The van der Waals surface area contributed by atoms with Crippen LogP contribution < -0.4 is 20.3 Å². The average Bonchev–Trinajstić information content (AvgIpc) is 2.67. The van der Waals surface area contributed by atoms with Crippen LogP contribution in [-0.4, -0.2) is 7.11 Å². The number of benzene rings is 3. The summed E-state index contributed by atoms with van der Waals surface area (Å²) < 4.78 is 24.5. The molecule has 0 amide bonds. The van der Waals surface area contributed by atoms with Gasteiger partial charge < -0.3 is 14.9 Å². The van der Waals surface area contributed by atoms with Crippen molar-refractivity contribution < 1.29 is 13.9 Å². The Hall–Kier alpha value is -3.05. The number of hydrogen-bond acceptors (Lipinski definition) is 4. The molecule has 3 rings (SSSR count). The van der Waals surface area contributed by atoms with E-state index in [2.05, 4.69) is 10.9 Å². The Morgan fingerprint density at radius 1 is 0.846 bits per heavy atom. The minimum atomic E-state index is -0.275. The van der Waals surface area contributed by atoms with Gasteiger partial charge >= 0.3 is 0 Å². The summed E-state index contributed by atoms with van der Waals surface area (Å²) in [5, 5.41) is 0. The van der Waals surface area contributed by atoms with Gasteiger partial charge in [-0.15, -0.1) is 0 Å². The number of rotatable bonds is 8. The van der Waals surface area contributed by atoms with Crippen LogP contribution in [0.5, 0.6) is 11.5 Å². The molecule has 0 aliphatic rings. The third kappa shape index (κ3) is 4.97. The van der Waals surface area contributed by atoms with Gasteiger partial charge in [-0.25, -0.2) is 9.82 Å². The molecule has 0 heterocycles. The highest BCUT2D eigenvalue weighted by Gasteiger charge is 2.07.